The van der Waals surface area contributed by atoms with Gasteiger partial charge in [0.25, 0.3) is 0 Å². The minimum atomic E-state index is -1.08. The Kier molecular flexibility index (Phi) is 3.99. The first-order valence-electron chi connectivity index (χ1n) is 6.47. The molecule has 2 rings (SSSR count). The fourth-order valence-electron chi connectivity index (χ4n) is 2.40. The number of aromatic carboxylic acids is 1. The number of hydrogen-bond donors (Lipinski definition) is 1. The van der Waals surface area contributed by atoms with Crippen LogP contribution < -0.4 is 4.90 Å². The number of rotatable bonds is 3. The highest BCUT2D eigenvalue weighted by Gasteiger charge is 2.22. The number of hydrogen-bond acceptors (Lipinski definition) is 5. The van der Waals surface area contributed by atoms with Gasteiger partial charge >= 0.3 is 5.97 Å². The molecule has 0 bridgehead atoms. The molecule has 0 spiro atoms. The first kappa shape index (κ1) is 13.7. The maximum atomic E-state index is 11.0. The fourth-order valence-corrected chi connectivity index (χ4v) is 2.40. The topological polar surface area (TPSA) is 69.6 Å². The maximum Gasteiger partial charge on any atom is 0.374 e. The molecule has 2 heterocycles. The largest absolute Gasteiger partial charge is 0.475 e. The Hall–Kier alpha value is -1.69. The van der Waals surface area contributed by atoms with E-state index in [9.17, 15) is 4.79 Å². The third-order valence-corrected chi connectivity index (χ3v) is 3.63. The average molecular weight is 264 g/mol. The second kappa shape index (κ2) is 5.52. The van der Waals surface area contributed by atoms with Crippen LogP contribution in [0, 0.1) is 6.92 Å². The van der Waals surface area contributed by atoms with Crippen molar-refractivity contribution in [3.05, 3.63) is 17.6 Å². The average Bonchev–Trinajstić information content (AvgIpc) is 2.38. The van der Waals surface area contributed by atoms with Crippen LogP contribution >= 0.6 is 0 Å². The number of aryl methyl sites for hydroxylation is 1. The molecule has 0 amide bonds. The van der Waals surface area contributed by atoms with Gasteiger partial charge in [-0.1, -0.05) is 0 Å². The highest BCUT2D eigenvalue weighted by Crippen LogP contribution is 2.20. The number of carboxylic acid groups (broad SMARTS) is 1. The van der Waals surface area contributed by atoms with Crippen LogP contribution in [0.3, 0.4) is 0 Å². The number of likely N-dealkylation sites (tertiary alicyclic amines) is 1. The van der Waals surface area contributed by atoms with Crippen molar-refractivity contribution in [3.63, 3.8) is 0 Å². The van der Waals surface area contributed by atoms with Gasteiger partial charge in [-0.2, -0.15) is 0 Å². The molecule has 19 heavy (non-hydrogen) atoms. The molecule has 1 saturated heterocycles. The summed E-state index contributed by atoms with van der Waals surface area (Å²) in [6.45, 7) is 3.91. The van der Waals surface area contributed by atoms with Crippen molar-refractivity contribution < 1.29 is 9.90 Å². The summed E-state index contributed by atoms with van der Waals surface area (Å²) in [5.74, 6) is -0.518. The molecule has 0 aliphatic carbocycles. The van der Waals surface area contributed by atoms with Crippen LogP contribution in [0.25, 0.3) is 0 Å². The van der Waals surface area contributed by atoms with Crippen molar-refractivity contribution in [2.24, 2.45) is 0 Å². The molecule has 0 atom stereocenters. The standard InChI is InChI=1S/C13H20N4O2/c1-9-8-11(15-12(14-9)13(18)19)17(3)10-4-6-16(2)7-5-10/h8,10H,4-7H2,1-3H3,(H,18,19). The van der Waals surface area contributed by atoms with E-state index in [1.807, 2.05) is 13.1 Å². The van der Waals surface area contributed by atoms with E-state index in [0.717, 1.165) is 25.9 Å². The molecule has 104 valence electrons. The zero-order valence-electron chi connectivity index (χ0n) is 11.6. The maximum absolute atomic E-state index is 11.0. The molecule has 6 heteroatoms. The summed E-state index contributed by atoms with van der Waals surface area (Å²) >= 11 is 0. The summed E-state index contributed by atoms with van der Waals surface area (Å²) < 4.78 is 0. The summed E-state index contributed by atoms with van der Waals surface area (Å²) in [6, 6.07) is 2.25. The van der Waals surface area contributed by atoms with Gasteiger partial charge in [-0.15, -0.1) is 0 Å². The second-order valence-corrected chi connectivity index (χ2v) is 5.14. The zero-order chi connectivity index (χ0) is 14.0. The predicted molar refractivity (Wildman–Crippen MR) is 72.7 cm³/mol. The van der Waals surface area contributed by atoms with Gasteiger partial charge in [0.05, 0.1) is 0 Å². The molecular formula is C13H20N4O2. The number of aromatic nitrogens is 2. The van der Waals surface area contributed by atoms with Gasteiger partial charge in [0.2, 0.25) is 5.82 Å². The van der Waals surface area contributed by atoms with Crippen molar-refractivity contribution in [3.8, 4) is 0 Å². The van der Waals surface area contributed by atoms with Gasteiger partial charge in [0.15, 0.2) is 0 Å². The van der Waals surface area contributed by atoms with Crippen LogP contribution in [-0.2, 0) is 0 Å². The summed E-state index contributed by atoms with van der Waals surface area (Å²) in [7, 11) is 4.09. The number of carbonyl (C=O) groups is 1. The van der Waals surface area contributed by atoms with Gasteiger partial charge in [0, 0.05) is 24.8 Å². The Bertz CT molecular complexity index is 470. The van der Waals surface area contributed by atoms with Crippen LogP contribution in [0.15, 0.2) is 6.07 Å². The molecule has 0 radical (unpaired) electrons. The van der Waals surface area contributed by atoms with E-state index in [0.29, 0.717) is 17.6 Å². The molecule has 6 nitrogen and oxygen atoms in total. The smallest absolute Gasteiger partial charge is 0.374 e. The van der Waals surface area contributed by atoms with Gasteiger partial charge in [-0.3, -0.25) is 0 Å². The lowest BCUT2D eigenvalue weighted by atomic mass is 10.0. The molecule has 1 aliphatic heterocycles. The second-order valence-electron chi connectivity index (χ2n) is 5.14. The molecule has 1 N–H and O–H groups in total. The van der Waals surface area contributed by atoms with Crippen molar-refractivity contribution >= 4 is 11.8 Å². The van der Waals surface area contributed by atoms with Crippen LogP contribution in [-0.4, -0.2) is 59.2 Å². The summed E-state index contributed by atoms with van der Waals surface area (Å²) in [5, 5.41) is 9.01. The molecule has 1 fully saturated rings. The summed E-state index contributed by atoms with van der Waals surface area (Å²) in [5.41, 5.74) is 0.683. The van der Waals surface area contributed by atoms with Crippen LogP contribution in [0.1, 0.15) is 29.2 Å². The molecule has 1 aliphatic rings. The van der Waals surface area contributed by atoms with Crippen molar-refractivity contribution in [1.82, 2.24) is 14.9 Å². The van der Waals surface area contributed by atoms with E-state index < -0.39 is 5.97 Å². The Balaban J connectivity index is 2.18. The molecule has 1 aromatic heterocycles. The SMILES string of the molecule is Cc1cc(N(C)C2CCN(C)CC2)nc(C(=O)O)n1. The highest BCUT2D eigenvalue weighted by atomic mass is 16.4. The van der Waals surface area contributed by atoms with Crippen LogP contribution in [0.4, 0.5) is 5.82 Å². The monoisotopic (exact) mass is 264 g/mol. The van der Waals surface area contributed by atoms with Gasteiger partial charge < -0.3 is 14.9 Å². The molecule has 0 saturated carbocycles. The third-order valence-electron chi connectivity index (χ3n) is 3.63. The van der Waals surface area contributed by atoms with Gasteiger partial charge in [-0.25, -0.2) is 14.8 Å². The van der Waals surface area contributed by atoms with E-state index in [-0.39, 0.29) is 5.82 Å². The zero-order valence-corrected chi connectivity index (χ0v) is 11.6. The molecule has 1 aromatic rings. The minimum Gasteiger partial charge on any atom is -0.475 e. The number of nitrogens with zero attached hydrogens (tertiary/aromatic N) is 4. The normalized spacial score (nSPS) is 17.4. The number of piperidine rings is 1. The number of anilines is 1. The van der Waals surface area contributed by atoms with Crippen molar-refractivity contribution in [2.45, 2.75) is 25.8 Å². The van der Waals surface area contributed by atoms with E-state index in [1.165, 1.54) is 0 Å². The highest BCUT2D eigenvalue weighted by molar-refractivity contribution is 5.83. The first-order valence-corrected chi connectivity index (χ1v) is 6.47. The number of carboxylic acids is 1. The van der Waals surface area contributed by atoms with Crippen molar-refractivity contribution in [1.29, 1.82) is 0 Å². The minimum absolute atomic E-state index is 0.130. The van der Waals surface area contributed by atoms with Crippen LogP contribution in [0.5, 0.6) is 0 Å². The summed E-state index contributed by atoms with van der Waals surface area (Å²) in [6.07, 6.45) is 2.14. The lowest BCUT2D eigenvalue weighted by Gasteiger charge is -2.35. The van der Waals surface area contributed by atoms with E-state index in [2.05, 4.69) is 26.8 Å². The van der Waals surface area contributed by atoms with E-state index in [4.69, 9.17) is 5.11 Å². The molecular weight excluding hydrogens is 244 g/mol. The Labute approximate surface area is 113 Å². The molecule has 0 unspecified atom stereocenters. The Morgan fingerprint density at radius 3 is 2.63 bits per heavy atom. The fraction of sp³-hybridized carbons (Fsp3) is 0.615. The first-order chi connectivity index (χ1) is 8.97. The quantitative estimate of drug-likeness (QED) is 0.878. The van der Waals surface area contributed by atoms with Gasteiger partial charge in [-0.05, 0) is 39.9 Å². The third kappa shape index (κ3) is 3.20. The van der Waals surface area contributed by atoms with Gasteiger partial charge in [0.1, 0.15) is 5.82 Å². The van der Waals surface area contributed by atoms with E-state index in [1.54, 1.807) is 6.92 Å². The Morgan fingerprint density at radius 2 is 2.05 bits per heavy atom. The summed E-state index contributed by atoms with van der Waals surface area (Å²) in [4.78, 5) is 23.4. The Morgan fingerprint density at radius 1 is 1.42 bits per heavy atom. The van der Waals surface area contributed by atoms with E-state index >= 15 is 0 Å². The molecule has 0 aromatic carbocycles. The van der Waals surface area contributed by atoms with Crippen molar-refractivity contribution in [2.75, 3.05) is 32.1 Å². The predicted octanol–water partition coefficient (Wildman–Crippen LogP) is 1.01. The lowest BCUT2D eigenvalue weighted by Crippen LogP contribution is -2.42. The lowest BCUT2D eigenvalue weighted by molar-refractivity contribution is 0.0683. The van der Waals surface area contributed by atoms with Crippen LogP contribution in [0.2, 0.25) is 0 Å².